The smallest absolute Gasteiger partial charge is 0.303 e. The molecule has 0 amide bonds. The van der Waals surface area contributed by atoms with Crippen molar-refractivity contribution in [2.24, 2.45) is 0 Å². The van der Waals surface area contributed by atoms with E-state index in [4.69, 9.17) is 10.2 Å². The van der Waals surface area contributed by atoms with Gasteiger partial charge in [0.1, 0.15) is 0 Å². The highest BCUT2D eigenvalue weighted by Crippen LogP contribution is 1.98. The van der Waals surface area contributed by atoms with E-state index in [2.05, 4.69) is 12.6 Å². The number of carboxylic acids is 1. The summed E-state index contributed by atoms with van der Waals surface area (Å²) in [5.41, 5.74) is -0.800. The average Bonchev–Trinajstić information content (AvgIpc) is 1.61. The molecule has 0 rings (SSSR count). The first-order chi connectivity index (χ1) is 3.63. The molecule has 1 atom stereocenters. The molecule has 0 aromatic heterocycles. The number of hydrogen-bond donors (Lipinski definition) is 3. The van der Waals surface area contributed by atoms with Gasteiger partial charge < -0.3 is 10.2 Å². The second-order valence-electron chi connectivity index (χ2n) is 1.41. The highest BCUT2D eigenvalue weighted by Gasteiger charge is 1.99. The third-order valence-corrected chi connectivity index (χ3v) is 0.875. The Morgan fingerprint density at radius 2 is 2.25 bits per heavy atom. The SMILES string of the molecule is O=C(O)CCC(O)S. The monoisotopic (exact) mass is 136 g/mol. The maximum atomic E-state index is 9.76. The minimum Gasteiger partial charge on any atom is -0.481 e. The third kappa shape index (κ3) is 5.78. The Labute approximate surface area is 52.7 Å². The average molecular weight is 136 g/mol. The minimum absolute atomic E-state index is 0.0231. The fourth-order valence-corrected chi connectivity index (χ4v) is 0.382. The molecule has 0 aliphatic carbocycles. The van der Waals surface area contributed by atoms with Crippen molar-refractivity contribution in [1.29, 1.82) is 0 Å². The standard InChI is InChI=1S/C4H8O3S/c5-3(6)1-2-4(7)8/h4,7-8H,1-2H2,(H,5,6). The van der Waals surface area contributed by atoms with Gasteiger partial charge in [-0.25, -0.2) is 0 Å². The third-order valence-electron chi connectivity index (χ3n) is 0.616. The fraction of sp³-hybridized carbons (Fsp3) is 0.750. The van der Waals surface area contributed by atoms with E-state index in [1.807, 2.05) is 0 Å². The van der Waals surface area contributed by atoms with Gasteiger partial charge in [-0.15, -0.1) is 12.6 Å². The Morgan fingerprint density at radius 3 is 2.38 bits per heavy atom. The summed E-state index contributed by atoms with van der Waals surface area (Å²) < 4.78 is 0. The predicted octanol–water partition coefficient (Wildman–Crippen LogP) is 0.0994. The van der Waals surface area contributed by atoms with Gasteiger partial charge in [-0.2, -0.15) is 0 Å². The second kappa shape index (κ2) is 3.74. The number of hydrogen-bond acceptors (Lipinski definition) is 3. The van der Waals surface area contributed by atoms with Gasteiger partial charge in [0.05, 0.1) is 5.44 Å². The van der Waals surface area contributed by atoms with Crippen LogP contribution in [0.3, 0.4) is 0 Å². The number of thiol groups is 1. The first kappa shape index (κ1) is 7.78. The summed E-state index contributed by atoms with van der Waals surface area (Å²) in [6.45, 7) is 0. The molecular weight excluding hydrogens is 128 g/mol. The molecule has 0 heterocycles. The quantitative estimate of drug-likeness (QED) is 0.381. The lowest BCUT2D eigenvalue weighted by Crippen LogP contribution is -2.01. The highest BCUT2D eigenvalue weighted by atomic mass is 32.1. The summed E-state index contributed by atoms with van der Waals surface area (Å²) >= 11 is 3.56. The summed E-state index contributed by atoms with van der Waals surface area (Å²) in [5, 5.41) is 16.4. The number of rotatable bonds is 3. The van der Waals surface area contributed by atoms with Crippen LogP contribution in [0.5, 0.6) is 0 Å². The van der Waals surface area contributed by atoms with Gasteiger partial charge in [-0.05, 0) is 6.42 Å². The molecule has 48 valence electrons. The number of aliphatic carboxylic acids is 1. The van der Waals surface area contributed by atoms with E-state index in [1.54, 1.807) is 0 Å². The van der Waals surface area contributed by atoms with Crippen LogP contribution >= 0.6 is 12.6 Å². The molecule has 1 unspecified atom stereocenters. The molecule has 0 aliphatic rings. The van der Waals surface area contributed by atoms with Gasteiger partial charge >= 0.3 is 5.97 Å². The van der Waals surface area contributed by atoms with E-state index in [0.717, 1.165) is 0 Å². The Kier molecular flexibility index (Phi) is 3.64. The van der Waals surface area contributed by atoms with Gasteiger partial charge in [0, 0.05) is 6.42 Å². The molecule has 8 heavy (non-hydrogen) atoms. The van der Waals surface area contributed by atoms with Gasteiger partial charge in [0.15, 0.2) is 0 Å². The minimum atomic E-state index is -0.905. The van der Waals surface area contributed by atoms with Crippen LogP contribution in [-0.2, 0) is 4.79 Å². The lowest BCUT2D eigenvalue weighted by molar-refractivity contribution is -0.137. The van der Waals surface area contributed by atoms with Crippen molar-refractivity contribution in [2.75, 3.05) is 0 Å². The number of aliphatic hydroxyl groups excluding tert-OH is 1. The van der Waals surface area contributed by atoms with E-state index in [-0.39, 0.29) is 12.8 Å². The van der Waals surface area contributed by atoms with Gasteiger partial charge in [-0.3, -0.25) is 4.79 Å². The number of carbonyl (C=O) groups is 1. The Hall–Kier alpha value is -0.220. The van der Waals surface area contributed by atoms with Crippen molar-refractivity contribution in [1.82, 2.24) is 0 Å². The summed E-state index contributed by atoms with van der Waals surface area (Å²) in [4.78, 5) is 9.76. The van der Waals surface area contributed by atoms with Gasteiger partial charge in [0.25, 0.3) is 0 Å². The van der Waals surface area contributed by atoms with Crippen LogP contribution in [0.25, 0.3) is 0 Å². The molecule has 0 fully saturated rings. The summed E-state index contributed by atoms with van der Waals surface area (Å²) in [6.07, 6.45) is 0.184. The molecule has 4 heteroatoms. The van der Waals surface area contributed by atoms with Gasteiger partial charge in [0.2, 0.25) is 0 Å². The zero-order valence-corrected chi connectivity index (χ0v) is 5.14. The predicted molar refractivity (Wildman–Crippen MR) is 31.9 cm³/mol. The van der Waals surface area contributed by atoms with E-state index >= 15 is 0 Å². The number of aliphatic hydroxyl groups is 1. The molecule has 0 bridgehead atoms. The Balaban J connectivity index is 3.05. The van der Waals surface area contributed by atoms with Crippen LogP contribution in [-0.4, -0.2) is 21.6 Å². The lowest BCUT2D eigenvalue weighted by Gasteiger charge is -1.96. The lowest BCUT2D eigenvalue weighted by atomic mass is 10.3. The molecule has 0 radical (unpaired) electrons. The van der Waals surface area contributed by atoms with Gasteiger partial charge in [-0.1, -0.05) is 0 Å². The topological polar surface area (TPSA) is 57.5 Å². The highest BCUT2D eigenvalue weighted by molar-refractivity contribution is 7.80. The first-order valence-corrected chi connectivity index (χ1v) is 2.72. The van der Waals surface area contributed by atoms with Crippen LogP contribution < -0.4 is 0 Å². The Morgan fingerprint density at radius 1 is 1.75 bits per heavy atom. The molecule has 0 aromatic carbocycles. The largest absolute Gasteiger partial charge is 0.481 e. The van der Waals surface area contributed by atoms with Crippen LogP contribution in [0.4, 0.5) is 0 Å². The second-order valence-corrected chi connectivity index (χ2v) is 2.01. The summed E-state index contributed by atoms with van der Waals surface area (Å²) in [6, 6.07) is 0. The van der Waals surface area contributed by atoms with Crippen LogP contribution in [0, 0.1) is 0 Å². The zero-order chi connectivity index (χ0) is 6.57. The Bertz CT molecular complexity index is 81.4. The molecule has 0 aromatic rings. The molecule has 0 saturated heterocycles. The molecule has 2 N–H and O–H groups in total. The molecule has 0 spiro atoms. The first-order valence-electron chi connectivity index (χ1n) is 2.21. The van der Waals surface area contributed by atoms with Crippen molar-refractivity contribution in [2.45, 2.75) is 18.3 Å². The molecule has 0 aliphatic heterocycles. The van der Waals surface area contributed by atoms with Crippen molar-refractivity contribution < 1.29 is 15.0 Å². The van der Waals surface area contributed by atoms with Crippen molar-refractivity contribution >= 4 is 18.6 Å². The van der Waals surface area contributed by atoms with Crippen LogP contribution in [0.1, 0.15) is 12.8 Å². The maximum Gasteiger partial charge on any atom is 0.303 e. The maximum absolute atomic E-state index is 9.76. The van der Waals surface area contributed by atoms with E-state index < -0.39 is 11.4 Å². The van der Waals surface area contributed by atoms with Crippen molar-refractivity contribution in [3.8, 4) is 0 Å². The number of carboxylic acid groups (broad SMARTS) is 1. The normalized spacial score (nSPS) is 13.2. The summed E-state index contributed by atoms with van der Waals surface area (Å²) in [7, 11) is 0. The summed E-state index contributed by atoms with van der Waals surface area (Å²) in [5.74, 6) is -0.905. The van der Waals surface area contributed by atoms with Crippen LogP contribution in [0.15, 0.2) is 0 Å². The molecule has 0 saturated carbocycles. The van der Waals surface area contributed by atoms with E-state index in [0.29, 0.717) is 0 Å². The van der Waals surface area contributed by atoms with E-state index in [9.17, 15) is 4.79 Å². The molecular formula is C4H8O3S. The molecule has 3 nitrogen and oxygen atoms in total. The van der Waals surface area contributed by atoms with Crippen LogP contribution in [0.2, 0.25) is 0 Å². The zero-order valence-electron chi connectivity index (χ0n) is 4.24. The van der Waals surface area contributed by atoms with Crippen molar-refractivity contribution in [3.63, 3.8) is 0 Å². The fourth-order valence-electron chi connectivity index (χ4n) is 0.253. The van der Waals surface area contributed by atoms with E-state index in [1.165, 1.54) is 0 Å². The van der Waals surface area contributed by atoms with Crippen molar-refractivity contribution in [3.05, 3.63) is 0 Å².